The lowest BCUT2D eigenvalue weighted by atomic mass is 10.1. The van der Waals surface area contributed by atoms with Crippen molar-refractivity contribution in [1.82, 2.24) is 10.6 Å². The van der Waals surface area contributed by atoms with Gasteiger partial charge in [-0.2, -0.15) is 0 Å². The Balaban J connectivity index is 1.96. The molecule has 4 nitrogen and oxygen atoms in total. The number of morpholine rings is 1. The van der Waals surface area contributed by atoms with Gasteiger partial charge in [0.05, 0.1) is 6.61 Å². The van der Waals surface area contributed by atoms with Gasteiger partial charge in [-0.1, -0.05) is 23.2 Å². The maximum absolute atomic E-state index is 11.9. The average Bonchev–Trinajstić information content (AvgIpc) is 2.38. The molecule has 1 aromatic carbocycles. The third-order valence-corrected chi connectivity index (χ3v) is 3.60. The fourth-order valence-electron chi connectivity index (χ4n) is 1.98. The lowest BCUT2D eigenvalue weighted by molar-refractivity contribution is -0.134. The molecule has 1 aliphatic heterocycles. The minimum atomic E-state index is -0.430. The summed E-state index contributed by atoms with van der Waals surface area (Å²) in [6, 6.07) is 3.50. The van der Waals surface area contributed by atoms with Crippen molar-refractivity contribution in [3.05, 3.63) is 33.3 Å². The van der Waals surface area contributed by atoms with E-state index in [0.717, 1.165) is 17.7 Å². The van der Waals surface area contributed by atoms with Crippen LogP contribution in [0.25, 0.3) is 0 Å². The number of nitrogens with one attached hydrogen (secondary N) is 2. The van der Waals surface area contributed by atoms with Gasteiger partial charge in [-0.05, 0) is 30.2 Å². The number of rotatable bonds is 3. The first-order valence-corrected chi connectivity index (χ1v) is 6.88. The summed E-state index contributed by atoms with van der Waals surface area (Å²) in [4.78, 5) is 11.9. The number of hydrogen-bond donors (Lipinski definition) is 2. The molecule has 1 atom stereocenters. The number of benzene rings is 1. The molecular weight excluding hydrogens is 287 g/mol. The Morgan fingerprint density at radius 1 is 1.53 bits per heavy atom. The van der Waals surface area contributed by atoms with Gasteiger partial charge in [0.15, 0.2) is 0 Å². The summed E-state index contributed by atoms with van der Waals surface area (Å²) < 4.78 is 5.38. The van der Waals surface area contributed by atoms with Crippen LogP contribution in [0.3, 0.4) is 0 Å². The van der Waals surface area contributed by atoms with Gasteiger partial charge in [-0.3, -0.25) is 4.79 Å². The maximum Gasteiger partial charge on any atom is 0.250 e. The third-order valence-electron chi connectivity index (χ3n) is 3.04. The lowest BCUT2D eigenvalue weighted by Crippen LogP contribution is -2.47. The Morgan fingerprint density at radius 2 is 2.32 bits per heavy atom. The van der Waals surface area contributed by atoms with Crippen molar-refractivity contribution in [2.24, 2.45) is 0 Å². The Hall–Kier alpha value is -0.810. The molecule has 1 saturated heterocycles. The van der Waals surface area contributed by atoms with Crippen LogP contribution in [0.5, 0.6) is 0 Å². The van der Waals surface area contributed by atoms with Gasteiger partial charge in [0.2, 0.25) is 0 Å². The lowest BCUT2D eigenvalue weighted by Gasteiger charge is -2.23. The van der Waals surface area contributed by atoms with Crippen LogP contribution in [0.2, 0.25) is 10.0 Å². The van der Waals surface area contributed by atoms with Crippen LogP contribution >= 0.6 is 23.2 Å². The minimum Gasteiger partial charge on any atom is -0.366 e. The van der Waals surface area contributed by atoms with E-state index in [0.29, 0.717) is 29.7 Å². The fourth-order valence-corrected chi connectivity index (χ4v) is 2.64. The van der Waals surface area contributed by atoms with E-state index >= 15 is 0 Å². The topological polar surface area (TPSA) is 50.4 Å². The number of carbonyl (C=O) groups excluding carboxylic acids is 1. The molecule has 2 N–H and O–H groups in total. The molecule has 2 rings (SSSR count). The van der Waals surface area contributed by atoms with Gasteiger partial charge < -0.3 is 15.4 Å². The van der Waals surface area contributed by atoms with Crippen LogP contribution in [-0.4, -0.2) is 31.7 Å². The van der Waals surface area contributed by atoms with Crippen molar-refractivity contribution >= 4 is 29.1 Å². The molecule has 6 heteroatoms. The largest absolute Gasteiger partial charge is 0.366 e. The molecule has 1 amide bonds. The second kappa shape index (κ2) is 6.57. The molecule has 0 bridgehead atoms. The van der Waals surface area contributed by atoms with E-state index in [4.69, 9.17) is 27.9 Å². The normalized spacial score (nSPS) is 19.2. The summed E-state index contributed by atoms with van der Waals surface area (Å²) in [6.45, 7) is 4.17. The Labute approximate surface area is 122 Å². The number of carbonyl (C=O) groups is 1. The highest BCUT2D eigenvalue weighted by molar-refractivity contribution is 6.35. The van der Waals surface area contributed by atoms with E-state index in [-0.39, 0.29) is 5.91 Å². The predicted molar refractivity (Wildman–Crippen MR) is 75.7 cm³/mol. The number of hydrogen-bond acceptors (Lipinski definition) is 3. The molecule has 0 saturated carbocycles. The van der Waals surface area contributed by atoms with E-state index in [2.05, 4.69) is 10.6 Å². The van der Waals surface area contributed by atoms with Gasteiger partial charge >= 0.3 is 0 Å². The molecule has 0 aromatic heterocycles. The summed E-state index contributed by atoms with van der Waals surface area (Å²) >= 11 is 12.0. The summed E-state index contributed by atoms with van der Waals surface area (Å²) in [6.07, 6.45) is -0.430. The van der Waals surface area contributed by atoms with Gasteiger partial charge in [0.1, 0.15) is 6.10 Å². The van der Waals surface area contributed by atoms with Crippen LogP contribution in [0, 0.1) is 6.92 Å². The molecule has 1 aromatic rings. The molecule has 19 heavy (non-hydrogen) atoms. The summed E-state index contributed by atoms with van der Waals surface area (Å²) in [5.74, 6) is -0.127. The maximum atomic E-state index is 11.9. The zero-order valence-corrected chi connectivity index (χ0v) is 12.1. The molecule has 1 fully saturated rings. The van der Waals surface area contributed by atoms with Crippen LogP contribution < -0.4 is 10.6 Å². The molecule has 0 aliphatic carbocycles. The number of aryl methyl sites for hydroxylation is 1. The van der Waals surface area contributed by atoms with Crippen molar-refractivity contribution < 1.29 is 9.53 Å². The second-order valence-electron chi connectivity index (χ2n) is 4.46. The standard InChI is InChI=1S/C13H16Cl2N2O2/c1-8-4-9(14)5-11(15)10(8)6-17-13(18)12-7-16-2-3-19-12/h4-5,12,16H,2-3,6-7H2,1H3,(H,17,18)/t12-/m0/s1. The van der Waals surface area contributed by atoms with Crippen molar-refractivity contribution in [2.75, 3.05) is 19.7 Å². The predicted octanol–water partition coefficient (Wildman–Crippen LogP) is 1.91. The van der Waals surface area contributed by atoms with E-state index in [1.54, 1.807) is 6.07 Å². The molecule has 1 heterocycles. The molecule has 0 spiro atoms. The summed E-state index contributed by atoms with van der Waals surface area (Å²) in [5.41, 5.74) is 1.84. The van der Waals surface area contributed by atoms with Crippen LogP contribution in [-0.2, 0) is 16.1 Å². The smallest absolute Gasteiger partial charge is 0.250 e. The highest BCUT2D eigenvalue weighted by Gasteiger charge is 2.21. The van der Waals surface area contributed by atoms with Crippen molar-refractivity contribution in [2.45, 2.75) is 19.6 Å². The second-order valence-corrected chi connectivity index (χ2v) is 5.31. The average molecular weight is 303 g/mol. The minimum absolute atomic E-state index is 0.127. The van der Waals surface area contributed by atoms with Crippen molar-refractivity contribution in [3.8, 4) is 0 Å². The van der Waals surface area contributed by atoms with E-state index in [1.807, 2.05) is 13.0 Å². The first kappa shape index (κ1) is 14.6. The highest BCUT2D eigenvalue weighted by Crippen LogP contribution is 2.24. The van der Waals surface area contributed by atoms with Gasteiger partial charge in [0, 0.05) is 29.7 Å². The van der Waals surface area contributed by atoms with E-state index < -0.39 is 6.10 Å². The van der Waals surface area contributed by atoms with Crippen LogP contribution in [0.4, 0.5) is 0 Å². The molecular formula is C13H16Cl2N2O2. The van der Waals surface area contributed by atoms with Crippen molar-refractivity contribution in [1.29, 1.82) is 0 Å². The van der Waals surface area contributed by atoms with E-state index in [1.165, 1.54) is 0 Å². The Bertz CT molecular complexity index is 451. The van der Waals surface area contributed by atoms with Crippen LogP contribution in [0.15, 0.2) is 12.1 Å². The van der Waals surface area contributed by atoms with Gasteiger partial charge in [-0.25, -0.2) is 0 Å². The van der Waals surface area contributed by atoms with Crippen molar-refractivity contribution in [3.63, 3.8) is 0 Å². The molecule has 0 radical (unpaired) electrons. The third kappa shape index (κ3) is 3.83. The summed E-state index contributed by atoms with van der Waals surface area (Å²) in [7, 11) is 0. The molecule has 1 aliphatic rings. The van der Waals surface area contributed by atoms with Crippen LogP contribution in [0.1, 0.15) is 11.1 Å². The Morgan fingerprint density at radius 3 is 2.95 bits per heavy atom. The quantitative estimate of drug-likeness (QED) is 0.897. The monoisotopic (exact) mass is 302 g/mol. The number of halogens is 2. The zero-order valence-electron chi connectivity index (χ0n) is 10.6. The first-order chi connectivity index (χ1) is 9.08. The first-order valence-electron chi connectivity index (χ1n) is 6.12. The SMILES string of the molecule is Cc1cc(Cl)cc(Cl)c1CNC(=O)[C@@H]1CNCCO1. The number of ether oxygens (including phenoxy) is 1. The van der Waals surface area contributed by atoms with Gasteiger partial charge in [-0.15, -0.1) is 0 Å². The fraction of sp³-hybridized carbons (Fsp3) is 0.462. The highest BCUT2D eigenvalue weighted by atomic mass is 35.5. The molecule has 104 valence electrons. The summed E-state index contributed by atoms with van der Waals surface area (Å²) in [5, 5.41) is 7.11. The number of amides is 1. The zero-order chi connectivity index (χ0) is 13.8. The van der Waals surface area contributed by atoms with Gasteiger partial charge in [0.25, 0.3) is 5.91 Å². The molecule has 0 unspecified atom stereocenters. The van der Waals surface area contributed by atoms with E-state index in [9.17, 15) is 4.79 Å². The Kier molecular flexibility index (Phi) is 5.05.